The lowest BCUT2D eigenvalue weighted by Gasteiger charge is -2.29. The first-order chi connectivity index (χ1) is 20.5. The van der Waals surface area contributed by atoms with Crippen LogP contribution in [0.4, 0.5) is 36.4 Å². The standard InChI is InChI=1S/C30H26F7N3O4/c31-24-5-3-20(29(32,33)34)14-23(24)27(9-10-27)17-28(44,8-1-11-40-12-6-18(7-13-40)25(41)42)26(43)39-21-4-2-19(16-38)22(15-21)30(35,36)37/h2-5,14-15,18,44H,6-7,9-13,17H2,(H,39,43)(H,41,42). The highest BCUT2D eigenvalue weighted by Crippen LogP contribution is 2.55. The van der Waals surface area contributed by atoms with Crippen molar-refractivity contribution in [2.75, 3.05) is 25.0 Å². The molecule has 14 heteroatoms. The zero-order valence-corrected chi connectivity index (χ0v) is 22.9. The third-order valence-electron chi connectivity index (χ3n) is 7.93. The van der Waals surface area contributed by atoms with Crippen molar-refractivity contribution in [1.82, 2.24) is 4.90 Å². The number of likely N-dealkylation sites (tertiary alicyclic amines) is 1. The van der Waals surface area contributed by atoms with Gasteiger partial charge in [0.05, 0.1) is 35.2 Å². The summed E-state index contributed by atoms with van der Waals surface area (Å²) in [5.74, 6) is 1.28. The topological polar surface area (TPSA) is 114 Å². The maximum absolute atomic E-state index is 14.9. The number of aliphatic hydroxyl groups is 1. The minimum Gasteiger partial charge on any atom is -0.481 e. The van der Waals surface area contributed by atoms with Gasteiger partial charge in [0.1, 0.15) is 5.82 Å². The molecule has 0 bridgehead atoms. The molecular formula is C30H26F7N3O4. The first-order valence-electron chi connectivity index (χ1n) is 13.4. The molecule has 1 aliphatic carbocycles. The van der Waals surface area contributed by atoms with Crippen LogP contribution in [0.25, 0.3) is 0 Å². The summed E-state index contributed by atoms with van der Waals surface area (Å²) in [6.07, 6.45) is -9.55. The fourth-order valence-corrected chi connectivity index (χ4v) is 5.30. The molecule has 2 aromatic rings. The number of piperidine rings is 1. The number of carbonyl (C=O) groups excluding carboxylic acids is 1. The van der Waals surface area contributed by atoms with E-state index in [9.17, 15) is 50.5 Å². The predicted molar refractivity (Wildman–Crippen MR) is 141 cm³/mol. The number of amides is 1. The summed E-state index contributed by atoms with van der Waals surface area (Å²) < 4.78 is 95.5. The van der Waals surface area contributed by atoms with E-state index in [0.29, 0.717) is 50.2 Å². The van der Waals surface area contributed by atoms with Gasteiger partial charge in [0.15, 0.2) is 0 Å². The summed E-state index contributed by atoms with van der Waals surface area (Å²) in [6, 6.07) is 5.53. The molecule has 1 atom stereocenters. The van der Waals surface area contributed by atoms with E-state index in [0.717, 1.165) is 12.1 Å². The van der Waals surface area contributed by atoms with Crippen LogP contribution in [-0.2, 0) is 27.4 Å². The second-order valence-corrected chi connectivity index (χ2v) is 11.0. The van der Waals surface area contributed by atoms with E-state index in [1.165, 1.54) is 6.07 Å². The smallest absolute Gasteiger partial charge is 0.417 e. The van der Waals surface area contributed by atoms with Crippen molar-refractivity contribution < 1.29 is 50.5 Å². The number of halogens is 7. The number of carboxylic acid groups (broad SMARTS) is 1. The summed E-state index contributed by atoms with van der Waals surface area (Å²) in [4.78, 5) is 26.4. The number of alkyl halides is 6. The SMILES string of the molecule is N#Cc1ccc(NC(=O)C(O)(C#CCN2CCC(C(=O)O)CC2)CC2(c3cc(C(F)(F)F)ccc3F)CC2)cc1C(F)(F)F. The van der Waals surface area contributed by atoms with Gasteiger partial charge in [0.25, 0.3) is 5.91 Å². The molecule has 1 saturated carbocycles. The average molecular weight is 626 g/mol. The number of nitrogens with one attached hydrogen (secondary N) is 1. The molecule has 1 aliphatic heterocycles. The van der Waals surface area contributed by atoms with Crippen molar-refractivity contribution in [1.29, 1.82) is 5.26 Å². The number of hydrogen-bond donors (Lipinski definition) is 3. The summed E-state index contributed by atoms with van der Waals surface area (Å²) in [7, 11) is 0. The van der Waals surface area contributed by atoms with Gasteiger partial charge in [-0.2, -0.15) is 31.6 Å². The molecular weight excluding hydrogens is 599 g/mol. The Morgan fingerprint density at radius 3 is 2.23 bits per heavy atom. The lowest BCUT2D eigenvalue weighted by molar-refractivity contribution is -0.143. The van der Waals surface area contributed by atoms with Gasteiger partial charge in [0, 0.05) is 17.5 Å². The van der Waals surface area contributed by atoms with Gasteiger partial charge in [-0.15, -0.1) is 0 Å². The van der Waals surface area contributed by atoms with Crippen LogP contribution in [0.5, 0.6) is 0 Å². The van der Waals surface area contributed by atoms with E-state index < -0.39 is 75.8 Å². The van der Waals surface area contributed by atoms with Crippen molar-refractivity contribution in [2.45, 2.75) is 55.5 Å². The normalized spacial score (nSPS) is 18.3. The second kappa shape index (κ2) is 12.1. The molecule has 2 aromatic carbocycles. The molecule has 0 spiro atoms. The van der Waals surface area contributed by atoms with Gasteiger partial charge in [-0.1, -0.05) is 11.8 Å². The van der Waals surface area contributed by atoms with Crippen LogP contribution in [0.3, 0.4) is 0 Å². The lowest BCUT2D eigenvalue weighted by Crippen LogP contribution is -2.45. The minimum atomic E-state index is -4.95. The molecule has 1 amide bonds. The Kier molecular flexibility index (Phi) is 9.01. The number of hydrogen-bond acceptors (Lipinski definition) is 5. The molecule has 234 valence electrons. The van der Waals surface area contributed by atoms with Crippen LogP contribution >= 0.6 is 0 Å². The number of nitrogens with zero attached hydrogens (tertiary/aromatic N) is 2. The van der Waals surface area contributed by atoms with E-state index in [1.54, 1.807) is 4.90 Å². The van der Waals surface area contributed by atoms with Crippen LogP contribution in [0.15, 0.2) is 36.4 Å². The largest absolute Gasteiger partial charge is 0.481 e. The number of aliphatic carboxylic acids is 1. The quantitative estimate of drug-likeness (QED) is 0.284. The number of benzene rings is 2. The third-order valence-corrected chi connectivity index (χ3v) is 7.93. The first-order valence-corrected chi connectivity index (χ1v) is 13.4. The van der Waals surface area contributed by atoms with Gasteiger partial charge in [0.2, 0.25) is 5.60 Å². The first kappa shape index (κ1) is 32.8. The van der Waals surface area contributed by atoms with Crippen molar-refractivity contribution in [3.8, 4) is 17.9 Å². The molecule has 7 nitrogen and oxygen atoms in total. The van der Waals surface area contributed by atoms with E-state index in [-0.39, 0.29) is 24.9 Å². The van der Waals surface area contributed by atoms with Crippen molar-refractivity contribution in [3.63, 3.8) is 0 Å². The highest BCUT2D eigenvalue weighted by atomic mass is 19.4. The fraction of sp³-hybridized carbons (Fsp3) is 0.433. The van der Waals surface area contributed by atoms with Crippen molar-refractivity contribution in [2.24, 2.45) is 5.92 Å². The number of rotatable bonds is 7. The summed E-state index contributed by atoms with van der Waals surface area (Å²) in [6.45, 7) is 0.671. The van der Waals surface area contributed by atoms with Crippen LogP contribution in [0, 0.1) is 34.9 Å². The molecule has 44 heavy (non-hydrogen) atoms. The highest BCUT2D eigenvalue weighted by Gasteiger charge is 2.54. The van der Waals surface area contributed by atoms with E-state index >= 15 is 0 Å². The Balaban J connectivity index is 1.65. The summed E-state index contributed by atoms with van der Waals surface area (Å²) >= 11 is 0. The van der Waals surface area contributed by atoms with Crippen molar-refractivity contribution in [3.05, 3.63) is 64.5 Å². The molecule has 3 N–H and O–H groups in total. The summed E-state index contributed by atoms with van der Waals surface area (Å²) in [5, 5.41) is 31.9. The van der Waals surface area contributed by atoms with Gasteiger partial charge < -0.3 is 15.5 Å². The molecule has 0 radical (unpaired) electrons. The molecule has 4 rings (SSSR count). The van der Waals surface area contributed by atoms with Gasteiger partial charge in [-0.25, -0.2) is 4.39 Å². The second-order valence-electron chi connectivity index (χ2n) is 11.0. The Hall–Kier alpha value is -4.14. The molecule has 1 heterocycles. The zero-order chi connectivity index (χ0) is 32.5. The Bertz CT molecular complexity index is 1540. The molecule has 2 fully saturated rings. The average Bonchev–Trinajstić information content (AvgIpc) is 3.72. The monoisotopic (exact) mass is 625 g/mol. The zero-order valence-electron chi connectivity index (χ0n) is 22.9. The lowest BCUT2D eigenvalue weighted by atomic mass is 9.82. The van der Waals surface area contributed by atoms with Crippen LogP contribution in [-0.4, -0.2) is 52.2 Å². The van der Waals surface area contributed by atoms with E-state index in [2.05, 4.69) is 17.2 Å². The van der Waals surface area contributed by atoms with Crippen LogP contribution in [0.2, 0.25) is 0 Å². The van der Waals surface area contributed by atoms with Gasteiger partial charge in [-0.05, 0) is 80.7 Å². The molecule has 1 unspecified atom stereocenters. The molecule has 2 aliphatic rings. The Morgan fingerprint density at radius 2 is 1.68 bits per heavy atom. The maximum atomic E-state index is 14.9. The van der Waals surface area contributed by atoms with E-state index in [1.807, 2.05) is 0 Å². The number of carbonyl (C=O) groups is 2. The van der Waals surface area contributed by atoms with Crippen LogP contribution < -0.4 is 5.32 Å². The summed E-state index contributed by atoms with van der Waals surface area (Å²) in [5.41, 5.74) is -8.13. The number of nitriles is 1. The Labute approximate surface area is 247 Å². The predicted octanol–water partition coefficient (Wildman–Crippen LogP) is 5.33. The molecule has 0 aromatic heterocycles. The maximum Gasteiger partial charge on any atom is 0.417 e. The highest BCUT2D eigenvalue weighted by molar-refractivity contribution is 6.00. The third kappa shape index (κ3) is 7.31. The fourth-order valence-electron chi connectivity index (χ4n) is 5.30. The Morgan fingerprint density at radius 1 is 1.02 bits per heavy atom. The van der Waals surface area contributed by atoms with Crippen molar-refractivity contribution >= 4 is 17.6 Å². The number of anilines is 1. The van der Waals surface area contributed by atoms with Gasteiger partial charge >= 0.3 is 18.3 Å². The van der Waals surface area contributed by atoms with E-state index in [4.69, 9.17) is 5.26 Å². The minimum absolute atomic E-state index is 0.0259. The molecule has 1 saturated heterocycles. The van der Waals surface area contributed by atoms with Gasteiger partial charge in [-0.3, -0.25) is 14.5 Å². The van der Waals surface area contributed by atoms with Crippen LogP contribution in [0.1, 0.15) is 54.4 Å². The number of carboxylic acids is 1.